The zero-order valence-electron chi connectivity index (χ0n) is 9.20. The summed E-state index contributed by atoms with van der Waals surface area (Å²) in [4.78, 5) is 0.861. The smallest absolute Gasteiger partial charge is 0.420 e. The Balaban J connectivity index is 2.22. The fourth-order valence-corrected chi connectivity index (χ4v) is 2.05. The maximum absolute atomic E-state index is 12.8. The number of hydrogen-bond donors (Lipinski definition) is 1. The van der Waals surface area contributed by atoms with Crippen molar-refractivity contribution in [2.75, 3.05) is 5.73 Å². The van der Waals surface area contributed by atoms with Crippen molar-refractivity contribution in [3.8, 4) is 5.75 Å². The molecule has 0 aliphatic heterocycles. The first kappa shape index (κ1) is 12.8. The van der Waals surface area contributed by atoms with E-state index in [4.69, 9.17) is 10.5 Å². The molecule has 0 saturated carbocycles. The molecule has 96 valence electrons. The van der Waals surface area contributed by atoms with Gasteiger partial charge in [0, 0.05) is 10.6 Å². The average Bonchev–Trinajstić information content (AvgIpc) is 2.79. The van der Waals surface area contributed by atoms with Gasteiger partial charge in [-0.1, -0.05) is 6.07 Å². The minimum Gasteiger partial charge on any atom is -0.487 e. The van der Waals surface area contributed by atoms with Gasteiger partial charge in [0.25, 0.3) is 0 Å². The zero-order chi connectivity index (χ0) is 13.2. The standard InChI is InChI=1S/C12H10F3NOS/c13-12(14,15)10-6-8(16)3-4-11(10)17-7-9-2-1-5-18-9/h1-6H,7,16H2. The molecule has 0 aliphatic carbocycles. The third kappa shape index (κ3) is 2.95. The van der Waals surface area contributed by atoms with Crippen LogP contribution < -0.4 is 10.5 Å². The van der Waals surface area contributed by atoms with E-state index in [1.54, 1.807) is 6.07 Å². The van der Waals surface area contributed by atoms with E-state index in [0.29, 0.717) is 0 Å². The minimum atomic E-state index is -4.47. The van der Waals surface area contributed by atoms with E-state index >= 15 is 0 Å². The molecule has 0 aliphatic rings. The number of halogens is 3. The first-order valence-electron chi connectivity index (χ1n) is 5.09. The highest BCUT2D eigenvalue weighted by Crippen LogP contribution is 2.37. The predicted molar refractivity (Wildman–Crippen MR) is 64.5 cm³/mol. The summed E-state index contributed by atoms with van der Waals surface area (Å²) in [6, 6.07) is 7.13. The van der Waals surface area contributed by atoms with Crippen molar-refractivity contribution in [3.63, 3.8) is 0 Å². The van der Waals surface area contributed by atoms with Crippen molar-refractivity contribution >= 4 is 17.0 Å². The van der Waals surface area contributed by atoms with Crippen LogP contribution in [0.4, 0.5) is 18.9 Å². The molecule has 0 atom stereocenters. The van der Waals surface area contributed by atoms with Crippen molar-refractivity contribution < 1.29 is 17.9 Å². The van der Waals surface area contributed by atoms with Crippen LogP contribution in [0.1, 0.15) is 10.4 Å². The van der Waals surface area contributed by atoms with E-state index in [0.717, 1.165) is 10.9 Å². The first-order valence-corrected chi connectivity index (χ1v) is 5.96. The first-order chi connectivity index (χ1) is 8.47. The summed E-state index contributed by atoms with van der Waals surface area (Å²) in [5.41, 5.74) is 4.57. The topological polar surface area (TPSA) is 35.2 Å². The molecule has 0 fully saturated rings. The van der Waals surface area contributed by atoms with E-state index in [1.165, 1.54) is 23.5 Å². The van der Waals surface area contributed by atoms with Crippen LogP contribution >= 0.6 is 11.3 Å². The Bertz CT molecular complexity index is 523. The lowest BCUT2D eigenvalue weighted by atomic mass is 10.1. The van der Waals surface area contributed by atoms with Crippen molar-refractivity contribution in [2.24, 2.45) is 0 Å². The SMILES string of the molecule is Nc1ccc(OCc2cccs2)c(C(F)(F)F)c1. The van der Waals surface area contributed by atoms with E-state index < -0.39 is 11.7 Å². The monoisotopic (exact) mass is 273 g/mol. The van der Waals surface area contributed by atoms with Gasteiger partial charge in [-0.05, 0) is 29.6 Å². The normalized spacial score (nSPS) is 11.5. The van der Waals surface area contributed by atoms with Gasteiger partial charge in [-0.2, -0.15) is 13.2 Å². The Hall–Kier alpha value is -1.69. The molecule has 2 aromatic rings. The number of nitrogen functional groups attached to an aromatic ring is 1. The summed E-state index contributed by atoms with van der Waals surface area (Å²) in [5, 5.41) is 1.84. The molecule has 2 N–H and O–H groups in total. The van der Waals surface area contributed by atoms with Gasteiger partial charge in [-0.25, -0.2) is 0 Å². The second-order valence-corrected chi connectivity index (χ2v) is 4.65. The molecule has 0 saturated heterocycles. The molecule has 6 heteroatoms. The molecular weight excluding hydrogens is 263 g/mol. The lowest BCUT2D eigenvalue weighted by Gasteiger charge is -2.14. The van der Waals surface area contributed by atoms with Gasteiger partial charge in [-0.3, -0.25) is 0 Å². The molecule has 18 heavy (non-hydrogen) atoms. The molecule has 0 amide bonds. The van der Waals surface area contributed by atoms with Crippen LogP contribution in [0, 0.1) is 0 Å². The van der Waals surface area contributed by atoms with Crippen LogP contribution in [0.2, 0.25) is 0 Å². The molecule has 0 bridgehead atoms. The van der Waals surface area contributed by atoms with Gasteiger partial charge in [0.15, 0.2) is 0 Å². The van der Waals surface area contributed by atoms with Crippen LogP contribution in [0.25, 0.3) is 0 Å². The number of nitrogens with two attached hydrogens (primary N) is 1. The minimum absolute atomic E-state index is 0.0609. The summed E-state index contributed by atoms with van der Waals surface area (Å²) in [5.74, 6) is -0.204. The Kier molecular flexibility index (Phi) is 3.47. The third-order valence-corrected chi connectivity index (χ3v) is 3.11. The summed E-state index contributed by atoms with van der Waals surface area (Å²) < 4.78 is 43.5. The quantitative estimate of drug-likeness (QED) is 0.860. The number of anilines is 1. The molecule has 1 aromatic carbocycles. The fourth-order valence-electron chi connectivity index (χ4n) is 1.44. The number of ether oxygens (including phenoxy) is 1. The lowest BCUT2D eigenvalue weighted by molar-refractivity contribution is -0.139. The van der Waals surface area contributed by atoms with Crippen LogP contribution in [-0.4, -0.2) is 0 Å². The number of thiophene rings is 1. The summed E-state index contributed by atoms with van der Waals surface area (Å²) in [6.07, 6.45) is -4.47. The molecule has 0 radical (unpaired) electrons. The van der Waals surface area contributed by atoms with Crippen LogP contribution in [-0.2, 0) is 12.8 Å². The highest BCUT2D eigenvalue weighted by Gasteiger charge is 2.34. The van der Waals surface area contributed by atoms with Crippen molar-refractivity contribution in [1.82, 2.24) is 0 Å². The highest BCUT2D eigenvalue weighted by molar-refractivity contribution is 7.09. The second kappa shape index (κ2) is 4.89. The molecule has 2 rings (SSSR count). The van der Waals surface area contributed by atoms with Gasteiger partial charge in [0.2, 0.25) is 0 Å². The number of benzene rings is 1. The maximum atomic E-state index is 12.8. The largest absolute Gasteiger partial charge is 0.487 e. The number of rotatable bonds is 3. The predicted octanol–water partition coefficient (Wildman–Crippen LogP) is 3.93. The summed E-state index contributed by atoms with van der Waals surface area (Å²) in [6.45, 7) is 0.116. The van der Waals surface area contributed by atoms with Crippen molar-refractivity contribution in [2.45, 2.75) is 12.8 Å². The maximum Gasteiger partial charge on any atom is 0.420 e. The van der Waals surface area contributed by atoms with E-state index in [2.05, 4.69) is 0 Å². The Morgan fingerprint density at radius 1 is 1.22 bits per heavy atom. The molecule has 2 nitrogen and oxygen atoms in total. The lowest BCUT2D eigenvalue weighted by Crippen LogP contribution is -2.09. The molecule has 1 heterocycles. The second-order valence-electron chi connectivity index (χ2n) is 3.62. The van der Waals surface area contributed by atoms with E-state index in [9.17, 15) is 13.2 Å². The Morgan fingerprint density at radius 3 is 2.61 bits per heavy atom. The molecule has 0 unspecified atom stereocenters. The van der Waals surface area contributed by atoms with Gasteiger partial charge in [0.1, 0.15) is 12.4 Å². The molecular formula is C12H10F3NOS. The highest BCUT2D eigenvalue weighted by atomic mass is 32.1. The van der Waals surface area contributed by atoms with E-state index in [-0.39, 0.29) is 18.0 Å². The zero-order valence-corrected chi connectivity index (χ0v) is 10.0. The van der Waals surface area contributed by atoms with Gasteiger partial charge >= 0.3 is 6.18 Å². The Labute approximate surface area is 106 Å². The van der Waals surface area contributed by atoms with Crippen molar-refractivity contribution in [3.05, 3.63) is 46.2 Å². The van der Waals surface area contributed by atoms with E-state index in [1.807, 2.05) is 11.4 Å². The van der Waals surface area contributed by atoms with Crippen molar-refractivity contribution in [1.29, 1.82) is 0 Å². The van der Waals surface area contributed by atoms with Gasteiger partial charge in [0.05, 0.1) is 5.56 Å². The molecule has 1 aromatic heterocycles. The third-order valence-electron chi connectivity index (χ3n) is 2.26. The summed E-state index contributed by atoms with van der Waals surface area (Å²) >= 11 is 1.43. The average molecular weight is 273 g/mol. The van der Waals surface area contributed by atoms with Gasteiger partial charge in [-0.15, -0.1) is 11.3 Å². The fraction of sp³-hybridized carbons (Fsp3) is 0.167. The number of hydrogen-bond acceptors (Lipinski definition) is 3. The Morgan fingerprint density at radius 2 is 2.00 bits per heavy atom. The van der Waals surface area contributed by atoms with Gasteiger partial charge < -0.3 is 10.5 Å². The van der Waals surface area contributed by atoms with Crippen LogP contribution in [0.5, 0.6) is 5.75 Å². The van der Waals surface area contributed by atoms with Crippen LogP contribution in [0.3, 0.4) is 0 Å². The number of alkyl halides is 3. The summed E-state index contributed by atoms with van der Waals surface area (Å²) in [7, 11) is 0. The molecule has 0 spiro atoms. The van der Waals surface area contributed by atoms with Crippen LogP contribution in [0.15, 0.2) is 35.7 Å².